The van der Waals surface area contributed by atoms with Crippen LogP contribution in [0.5, 0.6) is 0 Å². The van der Waals surface area contributed by atoms with Crippen molar-refractivity contribution in [3.05, 3.63) is 65.7 Å². The molecule has 0 radical (unpaired) electrons. The molecule has 2 amide bonds. The van der Waals surface area contributed by atoms with Gasteiger partial charge in [0, 0.05) is 51.5 Å². The number of likely N-dealkylation sites (tertiary alicyclic amines) is 1. The van der Waals surface area contributed by atoms with Gasteiger partial charge in [0.05, 0.1) is 12.1 Å². The first-order valence-electron chi connectivity index (χ1n) is 12.3. The fraction of sp³-hybridized carbons (Fsp3) is 0.481. The number of piperazine rings is 1. The number of rotatable bonds is 5. The van der Waals surface area contributed by atoms with Crippen molar-refractivity contribution < 1.29 is 9.59 Å². The number of benzene rings is 2. The Balaban J connectivity index is 1.17. The van der Waals surface area contributed by atoms with Crippen LogP contribution in [0, 0.1) is 0 Å². The lowest BCUT2D eigenvalue weighted by atomic mass is 10.0. The first kappa shape index (κ1) is 22.1. The second-order valence-corrected chi connectivity index (χ2v) is 9.52. The predicted molar refractivity (Wildman–Crippen MR) is 130 cm³/mol. The highest BCUT2D eigenvalue weighted by atomic mass is 16.2. The van der Waals surface area contributed by atoms with E-state index in [0.29, 0.717) is 6.54 Å². The molecule has 3 aliphatic rings. The van der Waals surface area contributed by atoms with Crippen molar-refractivity contribution >= 4 is 17.5 Å². The molecule has 2 aromatic carbocycles. The highest BCUT2D eigenvalue weighted by molar-refractivity contribution is 5.98. The molecule has 0 unspecified atom stereocenters. The van der Waals surface area contributed by atoms with Gasteiger partial charge in [-0.2, -0.15) is 0 Å². The van der Waals surface area contributed by atoms with E-state index in [9.17, 15) is 9.59 Å². The molecular formula is C27H34N4O2. The molecule has 0 N–H and O–H groups in total. The van der Waals surface area contributed by atoms with E-state index in [-0.39, 0.29) is 23.9 Å². The predicted octanol–water partition coefficient (Wildman–Crippen LogP) is 2.77. The van der Waals surface area contributed by atoms with Gasteiger partial charge in [-0.15, -0.1) is 0 Å². The van der Waals surface area contributed by atoms with Crippen LogP contribution in [-0.4, -0.2) is 77.9 Å². The number of carbonyl (C=O) groups is 2. The van der Waals surface area contributed by atoms with Gasteiger partial charge >= 0.3 is 0 Å². The Hall–Kier alpha value is -2.70. The minimum absolute atomic E-state index is 0.0268. The molecule has 0 aromatic heterocycles. The Morgan fingerprint density at radius 1 is 0.939 bits per heavy atom. The molecular weight excluding hydrogens is 412 g/mol. The summed E-state index contributed by atoms with van der Waals surface area (Å²) < 4.78 is 0. The summed E-state index contributed by atoms with van der Waals surface area (Å²) in [6.07, 6.45) is 2.92. The molecule has 6 heteroatoms. The third-order valence-electron chi connectivity index (χ3n) is 7.57. The second-order valence-electron chi connectivity index (χ2n) is 9.52. The number of para-hydroxylation sites is 1. The van der Waals surface area contributed by atoms with Crippen LogP contribution in [-0.2, 0) is 22.6 Å². The van der Waals surface area contributed by atoms with Crippen LogP contribution >= 0.6 is 0 Å². The van der Waals surface area contributed by atoms with Crippen molar-refractivity contribution in [3.8, 4) is 0 Å². The molecule has 0 bridgehead atoms. The SMILES string of the molecule is C[C@@H](C(=O)N1CCc2ccccc21)N1CCN([C@H]2CCCN(Cc3ccccc3)C2=O)CC1. The smallest absolute Gasteiger partial charge is 0.244 e. The second kappa shape index (κ2) is 9.65. The average Bonchev–Trinajstić information content (AvgIpc) is 3.29. The summed E-state index contributed by atoms with van der Waals surface area (Å²) in [5.74, 6) is 0.451. The Kier molecular flexibility index (Phi) is 6.47. The van der Waals surface area contributed by atoms with Gasteiger partial charge in [0.15, 0.2) is 0 Å². The van der Waals surface area contributed by atoms with E-state index < -0.39 is 0 Å². The van der Waals surface area contributed by atoms with E-state index >= 15 is 0 Å². The number of nitrogens with zero attached hydrogens (tertiary/aromatic N) is 4. The fourth-order valence-electron chi connectivity index (χ4n) is 5.60. The summed E-state index contributed by atoms with van der Waals surface area (Å²) in [5.41, 5.74) is 3.52. The third-order valence-corrected chi connectivity index (χ3v) is 7.57. The van der Waals surface area contributed by atoms with Crippen LogP contribution in [0.25, 0.3) is 0 Å². The summed E-state index contributed by atoms with van der Waals surface area (Å²) in [4.78, 5) is 35.1. The summed E-state index contributed by atoms with van der Waals surface area (Å²) in [5, 5.41) is 0. The van der Waals surface area contributed by atoms with Gasteiger partial charge in [0.1, 0.15) is 0 Å². The fourth-order valence-corrected chi connectivity index (χ4v) is 5.60. The van der Waals surface area contributed by atoms with Crippen molar-refractivity contribution in [2.45, 2.75) is 44.8 Å². The lowest BCUT2D eigenvalue weighted by Crippen LogP contribution is -2.60. The maximum absolute atomic E-state index is 13.3. The van der Waals surface area contributed by atoms with Crippen molar-refractivity contribution in [1.29, 1.82) is 0 Å². The molecule has 6 nitrogen and oxygen atoms in total. The van der Waals surface area contributed by atoms with Gasteiger partial charge in [-0.05, 0) is 43.4 Å². The van der Waals surface area contributed by atoms with Crippen molar-refractivity contribution in [1.82, 2.24) is 14.7 Å². The van der Waals surface area contributed by atoms with Crippen LogP contribution in [0.4, 0.5) is 5.69 Å². The number of amides is 2. The van der Waals surface area contributed by atoms with Gasteiger partial charge in [0.2, 0.25) is 11.8 Å². The van der Waals surface area contributed by atoms with Gasteiger partial charge in [-0.25, -0.2) is 0 Å². The Labute approximate surface area is 196 Å². The molecule has 5 rings (SSSR count). The third kappa shape index (κ3) is 4.55. The van der Waals surface area contributed by atoms with Crippen molar-refractivity contribution in [3.63, 3.8) is 0 Å². The van der Waals surface area contributed by atoms with Gasteiger partial charge in [0.25, 0.3) is 0 Å². The molecule has 174 valence electrons. The quantitative estimate of drug-likeness (QED) is 0.709. The molecule has 2 saturated heterocycles. The molecule has 0 saturated carbocycles. The normalized spacial score (nSPS) is 22.9. The number of piperidine rings is 1. The highest BCUT2D eigenvalue weighted by Crippen LogP contribution is 2.29. The molecule has 0 spiro atoms. The van der Waals surface area contributed by atoms with Crippen molar-refractivity contribution in [2.24, 2.45) is 0 Å². The van der Waals surface area contributed by atoms with Crippen LogP contribution in [0.3, 0.4) is 0 Å². The maximum atomic E-state index is 13.3. The van der Waals surface area contributed by atoms with Gasteiger partial charge in [-0.3, -0.25) is 19.4 Å². The topological polar surface area (TPSA) is 47.1 Å². The van der Waals surface area contributed by atoms with Gasteiger partial charge < -0.3 is 9.80 Å². The highest BCUT2D eigenvalue weighted by Gasteiger charge is 2.37. The zero-order valence-electron chi connectivity index (χ0n) is 19.5. The number of carbonyl (C=O) groups excluding carboxylic acids is 2. The zero-order chi connectivity index (χ0) is 22.8. The van der Waals surface area contributed by atoms with Crippen LogP contribution in [0.2, 0.25) is 0 Å². The summed E-state index contributed by atoms with van der Waals surface area (Å²) in [6, 6.07) is 18.3. The lowest BCUT2D eigenvalue weighted by molar-refractivity contribution is -0.142. The van der Waals surface area contributed by atoms with E-state index in [1.807, 2.05) is 47.1 Å². The summed E-state index contributed by atoms with van der Waals surface area (Å²) >= 11 is 0. The molecule has 33 heavy (non-hydrogen) atoms. The minimum Gasteiger partial charge on any atom is -0.337 e. The van der Waals surface area contributed by atoms with Crippen LogP contribution in [0.15, 0.2) is 54.6 Å². The first-order chi connectivity index (χ1) is 16.1. The number of hydrogen-bond donors (Lipinski definition) is 0. The van der Waals surface area contributed by atoms with Crippen molar-refractivity contribution in [2.75, 3.05) is 44.2 Å². The zero-order valence-corrected chi connectivity index (χ0v) is 19.5. The first-order valence-corrected chi connectivity index (χ1v) is 12.3. The average molecular weight is 447 g/mol. The summed E-state index contributed by atoms with van der Waals surface area (Å²) in [6.45, 7) is 7.66. The monoisotopic (exact) mass is 446 g/mol. The lowest BCUT2D eigenvalue weighted by Gasteiger charge is -2.44. The van der Waals surface area contributed by atoms with Crippen LogP contribution < -0.4 is 4.90 Å². The Morgan fingerprint density at radius 3 is 2.45 bits per heavy atom. The number of hydrogen-bond acceptors (Lipinski definition) is 4. The van der Waals surface area contributed by atoms with E-state index in [0.717, 1.165) is 64.2 Å². The van der Waals surface area contributed by atoms with Gasteiger partial charge in [-0.1, -0.05) is 48.5 Å². The summed E-state index contributed by atoms with van der Waals surface area (Å²) in [7, 11) is 0. The number of anilines is 1. The standard InChI is InChI=1S/C27H34N4O2/c1-21(26(32)31-15-13-23-10-5-6-11-24(23)31)28-16-18-29(19-17-28)25-12-7-14-30(27(25)33)20-22-8-3-2-4-9-22/h2-6,8-11,21,25H,7,12-20H2,1H3/t21-,25-/m0/s1. The van der Waals surface area contributed by atoms with E-state index in [2.05, 4.69) is 34.1 Å². The van der Waals surface area contributed by atoms with E-state index in [4.69, 9.17) is 0 Å². The largest absolute Gasteiger partial charge is 0.337 e. The minimum atomic E-state index is -0.144. The molecule has 3 heterocycles. The van der Waals surface area contributed by atoms with E-state index in [1.165, 1.54) is 11.1 Å². The Bertz CT molecular complexity index is 987. The van der Waals surface area contributed by atoms with Crippen LogP contribution in [0.1, 0.15) is 30.9 Å². The Morgan fingerprint density at radius 2 is 1.67 bits per heavy atom. The maximum Gasteiger partial charge on any atom is 0.244 e. The molecule has 2 fully saturated rings. The molecule has 2 atom stereocenters. The number of fused-ring (bicyclic) bond motifs is 1. The van der Waals surface area contributed by atoms with E-state index in [1.54, 1.807) is 0 Å². The molecule has 0 aliphatic carbocycles. The molecule has 3 aliphatic heterocycles. The molecule has 2 aromatic rings.